The standard InChI is InChI=1S/C15H18N6/c1-11(14-10-20(3)19-12(14)2)18-13-5-6-15(16-9-13)21-8-4-7-17-21/h4-11,18H,1-3H3. The minimum absolute atomic E-state index is 0.177. The number of anilines is 1. The first-order chi connectivity index (χ1) is 10.1. The van der Waals surface area contributed by atoms with Gasteiger partial charge in [-0.2, -0.15) is 10.2 Å². The molecule has 1 N–H and O–H groups in total. The molecule has 6 nitrogen and oxygen atoms in total. The number of rotatable bonds is 4. The van der Waals surface area contributed by atoms with Crippen LogP contribution in [-0.4, -0.2) is 24.5 Å². The van der Waals surface area contributed by atoms with Crippen LogP contribution in [0, 0.1) is 6.92 Å². The van der Waals surface area contributed by atoms with Gasteiger partial charge in [0.2, 0.25) is 0 Å². The molecule has 108 valence electrons. The van der Waals surface area contributed by atoms with Crippen molar-refractivity contribution in [1.29, 1.82) is 0 Å². The van der Waals surface area contributed by atoms with Crippen molar-refractivity contribution >= 4 is 5.69 Å². The summed E-state index contributed by atoms with van der Waals surface area (Å²) < 4.78 is 3.57. The van der Waals surface area contributed by atoms with Crippen molar-refractivity contribution in [3.8, 4) is 5.82 Å². The van der Waals surface area contributed by atoms with Gasteiger partial charge >= 0.3 is 0 Å². The first kappa shape index (κ1) is 13.4. The van der Waals surface area contributed by atoms with E-state index in [1.165, 1.54) is 5.56 Å². The van der Waals surface area contributed by atoms with Crippen LogP contribution in [0.2, 0.25) is 0 Å². The average molecular weight is 282 g/mol. The smallest absolute Gasteiger partial charge is 0.153 e. The molecular weight excluding hydrogens is 264 g/mol. The highest BCUT2D eigenvalue weighted by Gasteiger charge is 2.11. The van der Waals surface area contributed by atoms with E-state index in [1.807, 2.05) is 55.4 Å². The zero-order chi connectivity index (χ0) is 14.8. The van der Waals surface area contributed by atoms with Crippen LogP contribution in [0.1, 0.15) is 24.2 Å². The topological polar surface area (TPSA) is 60.6 Å². The van der Waals surface area contributed by atoms with Gasteiger partial charge in [-0.25, -0.2) is 9.67 Å². The molecule has 6 heteroatoms. The molecule has 3 aromatic rings. The molecule has 21 heavy (non-hydrogen) atoms. The van der Waals surface area contributed by atoms with Crippen LogP contribution in [0.25, 0.3) is 5.82 Å². The molecule has 3 heterocycles. The summed E-state index contributed by atoms with van der Waals surface area (Å²) in [5.74, 6) is 0.802. The van der Waals surface area contributed by atoms with E-state index in [0.29, 0.717) is 0 Å². The highest BCUT2D eigenvalue weighted by molar-refractivity contribution is 5.45. The molecule has 0 fully saturated rings. The molecule has 0 saturated carbocycles. The molecular formula is C15H18N6. The molecule has 1 unspecified atom stereocenters. The Morgan fingerprint density at radius 2 is 2.14 bits per heavy atom. The molecule has 0 saturated heterocycles. The number of aryl methyl sites for hydroxylation is 2. The Labute approximate surface area is 123 Å². The molecule has 0 spiro atoms. The van der Waals surface area contributed by atoms with Crippen molar-refractivity contribution in [1.82, 2.24) is 24.5 Å². The van der Waals surface area contributed by atoms with Gasteiger partial charge in [-0.05, 0) is 32.0 Å². The highest BCUT2D eigenvalue weighted by Crippen LogP contribution is 2.21. The van der Waals surface area contributed by atoms with Gasteiger partial charge in [0.15, 0.2) is 5.82 Å². The number of pyridine rings is 1. The first-order valence-corrected chi connectivity index (χ1v) is 6.86. The monoisotopic (exact) mass is 282 g/mol. The molecule has 3 rings (SSSR count). The molecule has 0 aliphatic heterocycles. The van der Waals surface area contributed by atoms with Crippen LogP contribution in [0.15, 0.2) is 43.0 Å². The molecule has 0 bridgehead atoms. The number of hydrogen-bond donors (Lipinski definition) is 1. The van der Waals surface area contributed by atoms with Crippen molar-refractivity contribution in [2.24, 2.45) is 7.05 Å². The molecule has 0 radical (unpaired) electrons. The largest absolute Gasteiger partial charge is 0.377 e. The van der Waals surface area contributed by atoms with Gasteiger partial charge in [-0.1, -0.05) is 0 Å². The minimum Gasteiger partial charge on any atom is -0.377 e. The van der Waals surface area contributed by atoms with Gasteiger partial charge in [0.05, 0.1) is 23.6 Å². The molecule has 3 aromatic heterocycles. The highest BCUT2D eigenvalue weighted by atomic mass is 15.3. The predicted molar refractivity (Wildman–Crippen MR) is 81.3 cm³/mol. The first-order valence-electron chi connectivity index (χ1n) is 6.86. The van der Waals surface area contributed by atoms with Crippen molar-refractivity contribution in [2.75, 3.05) is 5.32 Å². The van der Waals surface area contributed by atoms with Crippen LogP contribution in [0.4, 0.5) is 5.69 Å². The Hall–Kier alpha value is -2.63. The summed E-state index contributed by atoms with van der Waals surface area (Å²) in [6.45, 7) is 4.14. The average Bonchev–Trinajstić information content (AvgIpc) is 3.09. The summed E-state index contributed by atoms with van der Waals surface area (Å²) >= 11 is 0. The Balaban J connectivity index is 1.74. The third-order valence-electron chi connectivity index (χ3n) is 3.39. The van der Waals surface area contributed by atoms with E-state index in [0.717, 1.165) is 17.2 Å². The van der Waals surface area contributed by atoms with Crippen molar-refractivity contribution in [3.05, 3.63) is 54.2 Å². The third-order valence-corrected chi connectivity index (χ3v) is 3.39. The molecule has 0 amide bonds. The Morgan fingerprint density at radius 1 is 1.29 bits per heavy atom. The van der Waals surface area contributed by atoms with E-state index in [1.54, 1.807) is 10.9 Å². The minimum atomic E-state index is 0.177. The van der Waals surface area contributed by atoms with Crippen molar-refractivity contribution in [3.63, 3.8) is 0 Å². The van der Waals surface area contributed by atoms with E-state index in [2.05, 4.69) is 27.4 Å². The maximum absolute atomic E-state index is 4.41. The van der Waals surface area contributed by atoms with Crippen LogP contribution >= 0.6 is 0 Å². The second kappa shape index (κ2) is 5.40. The fourth-order valence-corrected chi connectivity index (χ4v) is 2.38. The summed E-state index contributed by atoms with van der Waals surface area (Å²) in [6, 6.07) is 6.00. The van der Waals surface area contributed by atoms with Crippen LogP contribution in [0.3, 0.4) is 0 Å². The van der Waals surface area contributed by atoms with Crippen molar-refractivity contribution < 1.29 is 0 Å². The number of aromatic nitrogens is 5. The van der Waals surface area contributed by atoms with Gasteiger partial charge in [0, 0.05) is 31.2 Å². The summed E-state index contributed by atoms with van der Waals surface area (Å²) in [6.07, 6.45) is 7.47. The van der Waals surface area contributed by atoms with Gasteiger partial charge in [-0.15, -0.1) is 0 Å². The lowest BCUT2D eigenvalue weighted by Crippen LogP contribution is -2.08. The summed E-state index contributed by atoms with van der Waals surface area (Å²) in [5, 5.41) is 12.0. The second-order valence-corrected chi connectivity index (χ2v) is 5.07. The number of nitrogens with one attached hydrogen (secondary N) is 1. The van der Waals surface area contributed by atoms with E-state index in [-0.39, 0.29) is 6.04 Å². The van der Waals surface area contributed by atoms with Crippen LogP contribution in [-0.2, 0) is 7.05 Å². The third kappa shape index (κ3) is 2.79. The lowest BCUT2D eigenvalue weighted by Gasteiger charge is -2.14. The van der Waals surface area contributed by atoms with Gasteiger partial charge < -0.3 is 5.32 Å². The van der Waals surface area contributed by atoms with E-state index >= 15 is 0 Å². The fourth-order valence-electron chi connectivity index (χ4n) is 2.38. The Morgan fingerprint density at radius 3 is 2.71 bits per heavy atom. The number of nitrogens with zero attached hydrogens (tertiary/aromatic N) is 5. The van der Waals surface area contributed by atoms with E-state index in [4.69, 9.17) is 0 Å². The van der Waals surface area contributed by atoms with Gasteiger partial charge in [0.1, 0.15) is 0 Å². The summed E-state index contributed by atoms with van der Waals surface area (Å²) in [4.78, 5) is 4.41. The molecule has 0 aliphatic rings. The summed E-state index contributed by atoms with van der Waals surface area (Å²) in [7, 11) is 1.93. The SMILES string of the molecule is Cc1nn(C)cc1C(C)Nc1ccc(-n2cccn2)nc1. The normalized spacial score (nSPS) is 12.3. The quantitative estimate of drug-likeness (QED) is 0.798. The maximum Gasteiger partial charge on any atom is 0.153 e. The Bertz CT molecular complexity index is 711. The molecule has 0 aromatic carbocycles. The Kier molecular flexibility index (Phi) is 3.43. The van der Waals surface area contributed by atoms with E-state index in [9.17, 15) is 0 Å². The fraction of sp³-hybridized carbons (Fsp3) is 0.267. The number of hydrogen-bond acceptors (Lipinski definition) is 4. The van der Waals surface area contributed by atoms with E-state index < -0.39 is 0 Å². The zero-order valence-electron chi connectivity index (χ0n) is 12.4. The lowest BCUT2D eigenvalue weighted by molar-refractivity contribution is 0.756. The zero-order valence-corrected chi connectivity index (χ0v) is 12.4. The molecule has 0 aliphatic carbocycles. The maximum atomic E-state index is 4.41. The molecule has 1 atom stereocenters. The predicted octanol–water partition coefficient (Wildman–Crippen LogP) is 2.48. The summed E-state index contributed by atoms with van der Waals surface area (Å²) in [5.41, 5.74) is 3.20. The van der Waals surface area contributed by atoms with Gasteiger partial charge in [-0.3, -0.25) is 4.68 Å². The van der Waals surface area contributed by atoms with Crippen molar-refractivity contribution in [2.45, 2.75) is 19.9 Å². The van der Waals surface area contributed by atoms with Crippen LogP contribution < -0.4 is 5.32 Å². The van der Waals surface area contributed by atoms with Gasteiger partial charge in [0.25, 0.3) is 0 Å². The second-order valence-electron chi connectivity index (χ2n) is 5.07. The van der Waals surface area contributed by atoms with Crippen LogP contribution in [0.5, 0.6) is 0 Å². The lowest BCUT2D eigenvalue weighted by atomic mass is 10.1.